The van der Waals surface area contributed by atoms with Crippen molar-refractivity contribution in [2.45, 2.75) is 13.0 Å². The van der Waals surface area contributed by atoms with Crippen molar-refractivity contribution in [2.75, 3.05) is 7.11 Å². The number of benzene rings is 1. The van der Waals surface area contributed by atoms with E-state index in [1.807, 2.05) is 19.2 Å². The Bertz CT molecular complexity index is 565. The minimum Gasteiger partial charge on any atom is -0.493 e. The molecule has 2 N–H and O–H groups in total. The number of nitrogens with two attached hydrogens (primary N) is 1. The van der Waals surface area contributed by atoms with Crippen molar-refractivity contribution in [2.24, 2.45) is 12.8 Å². The summed E-state index contributed by atoms with van der Waals surface area (Å²) in [6, 6.07) is 5.92. The van der Waals surface area contributed by atoms with Crippen LogP contribution in [0.3, 0.4) is 0 Å². The van der Waals surface area contributed by atoms with Crippen LogP contribution in [0.4, 0.5) is 0 Å². The largest absolute Gasteiger partial charge is 0.493 e. The molecule has 0 aliphatic carbocycles. The van der Waals surface area contributed by atoms with Crippen molar-refractivity contribution in [1.82, 2.24) is 9.78 Å². The van der Waals surface area contributed by atoms with E-state index >= 15 is 0 Å². The molecule has 0 aliphatic rings. The van der Waals surface area contributed by atoms with E-state index in [2.05, 4.69) is 40.7 Å². The molecule has 1 unspecified atom stereocenters. The monoisotopic (exact) mass is 357 g/mol. The highest BCUT2D eigenvalue weighted by Crippen LogP contribution is 2.31. The summed E-state index contributed by atoms with van der Waals surface area (Å²) in [5.74, 6) is 0.724. The van der Waals surface area contributed by atoms with Gasteiger partial charge < -0.3 is 10.5 Å². The molecule has 0 amide bonds. The maximum Gasteiger partial charge on any atom is 0.161 e. The summed E-state index contributed by atoms with van der Waals surface area (Å²) in [6.07, 6.45) is 1.69. The van der Waals surface area contributed by atoms with Gasteiger partial charge in [0.25, 0.3) is 0 Å². The Hall–Kier alpha value is -1.08. The summed E-state index contributed by atoms with van der Waals surface area (Å²) < 4.78 is 8.26. The molecule has 18 heavy (non-hydrogen) atoms. The Morgan fingerprint density at radius 3 is 2.83 bits per heavy atom. The first-order valence-corrected chi connectivity index (χ1v) is 6.70. The van der Waals surface area contributed by atoms with Crippen LogP contribution >= 0.6 is 22.6 Å². The molecule has 2 rings (SSSR count). The Kier molecular flexibility index (Phi) is 3.91. The van der Waals surface area contributed by atoms with Crippen molar-refractivity contribution >= 4 is 22.6 Å². The molecule has 0 bridgehead atoms. The Morgan fingerprint density at radius 2 is 2.17 bits per heavy atom. The summed E-state index contributed by atoms with van der Waals surface area (Å²) in [7, 11) is 3.51. The second kappa shape index (κ2) is 5.27. The van der Waals surface area contributed by atoms with E-state index in [1.54, 1.807) is 18.0 Å². The second-order valence-corrected chi connectivity index (χ2v) is 5.26. The number of ether oxygens (including phenoxy) is 1. The van der Waals surface area contributed by atoms with Gasteiger partial charge in [0.05, 0.1) is 19.3 Å². The van der Waals surface area contributed by atoms with Crippen LogP contribution in [-0.4, -0.2) is 16.9 Å². The fourth-order valence-corrected chi connectivity index (χ4v) is 2.69. The van der Waals surface area contributed by atoms with Crippen LogP contribution in [-0.2, 0) is 7.05 Å². The number of hydrogen-bond donors (Lipinski definition) is 1. The van der Waals surface area contributed by atoms with Crippen molar-refractivity contribution in [3.63, 3.8) is 0 Å². The van der Waals surface area contributed by atoms with Crippen molar-refractivity contribution in [1.29, 1.82) is 0 Å². The molecule has 0 saturated carbocycles. The van der Waals surface area contributed by atoms with Crippen LogP contribution in [0.15, 0.2) is 24.4 Å². The molecule has 0 fully saturated rings. The van der Waals surface area contributed by atoms with Crippen LogP contribution in [0, 0.1) is 10.5 Å². The third-order valence-electron chi connectivity index (χ3n) is 3.02. The third kappa shape index (κ3) is 2.24. The van der Waals surface area contributed by atoms with Gasteiger partial charge in [0.1, 0.15) is 5.69 Å². The van der Waals surface area contributed by atoms with Gasteiger partial charge in [-0.15, -0.1) is 0 Å². The normalized spacial score (nSPS) is 12.5. The molecular weight excluding hydrogens is 341 g/mol. The maximum atomic E-state index is 6.36. The summed E-state index contributed by atoms with van der Waals surface area (Å²) in [5.41, 5.74) is 9.57. The number of aryl methyl sites for hydroxylation is 2. The second-order valence-electron chi connectivity index (χ2n) is 4.18. The Morgan fingerprint density at radius 1 is 1.44 bits per heavy atom. The summed E-state index contributed by atoms with van der Waals surface area (Å²) in [5, 5.41) is 4.20. The molecule has 0 aliphatic heterocycles. The van der Waals surface area contributed by atoms with Gasteiger partial charge in [-0.1, -0.05) is 18.2 Å². The minimum absolute atomic E-state index is 0.237. The van der Waals surface area contributed by atoms with E-state index in [9.17, 15) is 0 Å². The number of methoxy groups -OCH3 is 1. The van der Waals surface area contributed by atoms with E-state index in [4.69, 9.17) is 10.5 Å². The summed E-state index contributed by atoms with van der Waals surface area (Å²) >= 11 is 2.33. The van der Waals surface area contributed by atoms with Gasteiger partial charge in [-0.25, -0.2) is 0 Å². The van der Waals surface area contributed by atoms with Crippen LogP contribution in [0.1, 0.15) is 22.9 Å². The van der Waals surface area contributed by atoms with Gasteiger partial charge in [-0.05, 0) is 40.6 Å². The number of hydrogen-bond acceptors (Lipinski definition) is 3. The predicted molar refractivity (Wildman–Crippen MR) is 79.7 cm³/mol. The standard InChI is InChI=1S/C13H16IN3O/c1-8-5-4-6-9(11(8)14)12(15)13-10(18-3)7-16-17(13)2/h4-7,12H,15H2,1-3H3. The van der Waals surface area contributed by atoms with Crippen LogP contribution < -0.4 is 10.5 Å². The van der Waals surface area contributed by atoms with Gasteiger partial charge in [0.2, 0.25) is 0 Å². The highest BCUT2D eigenvalue weighted by Gasteiger charge is 2.21. The smallest absolute Gasteiger partial charge is 0.161 e. The van der Waals surface area contributed by atoms with Crippen LogP contribution in [0.25, 0.3) is 0 Å². The first-order valence-electron chi connectivity index (χ1n) is 5.62. The quantitative estimate of drug-likeness (QED) is 0.859. The van der Waals surface area contributed by atoms with E-state index < -0.39 is 0 Å². The fraction of sp³-hybridized carbons (Fsp3) is 0.308. The van der Waals surface area contributed by atoms with Crippen molar-refractivity contribution in [3.05, 3.63) is 44.8 Å². The Labute approximate surface area is 120 Å². The topological polar surface area (TPSA) is 53.1 Å². The van der Waals surface area contributed by atoms with Gasteiger partial charge in [-0.2, -0.15) is 5.10 Å². The number of halogens is 1. The van der Waals surface area contributed by atoms with E-state index in [0.717, 1.165) is 17.0 Å². The lowest BCUT2D eigenvalue weighted by atomic mass is 10.0. The molecule has 1 heterocycles. The van der Waals surface area contributed by atoms with Gasteiger partial charge in [0.15, 0.2) is 5.75 Å². The van der Waals surface area contributed by atoms with E-state index in [-0.39, 0.29) is 6.04 Å². The molecule has 5 heteroatoms. The molecule has 0 radical (unpaired) electrons. The van der Waals surface area contributed by atoms with E-state index in [1.165, 1.54) is 9.13 Å². The van der Waals surface area contributed by atoms with Gasteiger partial charge in [-0.3, -0.25) is 4.68 Å². The van der Waals surface area contributed by atoms with Crippen LogP contribution in [0.5, 0.6) is 5.75 Å². The molecule has 96 valence electrons. The number of aromatic nitrogens is 2. The first kappa shape index (κ1) is 13.4. The van der Waals surface area contributed by atoms with Crippen LogP contribution in [0.2, 0.25) is 0 Å². The average Bonchev–Trinajstić information content (AvgIpc) is 2.73. The van der Waals surface area contributed by atoms with E-state index in [0.29, 0.717) is 0 Å². The predicted octanol–water partition coefficient (Wildman–Crippen LogP) is 2.39. The summed E-state index contributed by atoms with van der Waals surface area (Å²) in [6.45, 7) is 2.08. The highest BCUT2D eigenvalue weighted by molar-refractivity contribution is 14.1. The molecular formula is C13H16IN3O. The van der Waals surface area contributed by atoms with Gasteiger partial charge in [0, 0.05) is 10.6 Å². The first-order chi connectivity index (χ1) is 8.56. The SMILES string of the molecule is COc1cnn(C)c1C(N)c1cccc(C)c1I. The molecule has 4 nitrogen and oxygen atoms in total. The lowest BCUT2D eigenvalue weighted by Gasteiger charge is -2.17. The lowest BCUT2D eigenvalue weighted by molar-refractivity contribution is 0.406. The molecule has 1 aromatic heterocycles. The fourth-order valence-electron chi connectivity index (χ4n) is 2.00. The molecule has 0 saturated heterocycles. The van der Waals surface area contributed by atoms with Gasteiger partial charge >= 0.3 is 0 Å². The zero-order valence-corrected chi connectivity index (χ0v) is 12.8. The van der Waals surface area contributed by atoms with Crippen molar-refractivity contribution < 1.29 is 4.74 Å². The highest BCUT2D eigenvalue weighted by atomic mass is 127. The maximum absolute atomic E-state index is 6.36. The molecule has 2 aromatic rings. The third-order valence-corrected chi connectivity index (χ3v) is 4.49. The number of nitrogens with zero attached hydrogens (tertiary/aromatic N) is 2. The summed E-state index contributed by atoms with van der Waals surface area (Å²) in [4.78, 5) is 0. The van der Waals surface area contributed by atoms with Crippen molar-refractivity contribution in [3.8, 4) is 5.75 Å². The zero-order chi connectivity index (χ0) is 13.3. The average molecular weight is 357 g/mol. The molecule has 0 spiro atoms. The minimum atomic E-state index is -0.237. The number of rotatable bonds is 3. The Balaban J connectivity index is 2.51. The molecule has 1 atom stereocenters. The zero-order valence-electron chi connectivity index (χ0n) is 10.6. The molecule has 1 aromatic carbocycles. The lowest BCUT2D eigenvalue weighted by Crippen LogP contribution is -2.18.